The van der Waals surface area contributed by atoms with E-state index < -0.39 is 32.1 Å². The van der Waals surface area contributed by atoms with Crippen molar-refractivity contribution in [3.05, 3.63) is 41.0 Å². The first kappa shape index (κ1) is 14.6. The van der Waals surface area contributed by atoms with E-state index in [-0.39, 0.29) is 5.56 Å². The van der Waals surface area contributed by atoms with Gasteiger partial charge in [0.05, 0.1) is 16.1 Å². The molecule has 0 radical (unpaired) electrons. The summed E-state index contributed by atoms with van der Waals surface area (Å²) in [5.74, 6) is 0. The van der Waals surface area contributed by atoms with Gasteiger partial charge in [0.25, 0.3) is 0 Å². The van der Waals surface area contributed by atoms with E-state index in [4.69, 9.17) is 0 Å². The van der Waals surface area contributed by atoms with Crippen molar-refractivity contribution in [2.45, 2.75) is 42.9 Å². The normalized spacial score (nSPS) is 27.5. The summed E-state index contributed by atoms with van der Waals surface area (Å²) in [6.07, 6.45) is -1.23. The smallest absolute Gasteiger partial charge is 0.228 e. The van der Waals surface area contributed by atoms with E-state index in [9.17, 15) is 21.6 Å². The second-order valence-electron chi connectivity index (χ2n) is 5.70. The van der Waals surface area contributed by atoms with Crippen molar-refractivity contribution in [2.24, 2.45) is 0 Å². The van der Waals surface area contributed by atoms with E-state index in [1.54, 1.807) is 12.1 Å². The third-order valence-corrected chi connectivity index (χ3v) is 7.03. The minimum atomic E-state index is -4.39. The van der Waals surface area contributed by atoms with E-state index in [2.05, 4.69) is 0 Å². The number of hydrogen-bond acceptors (Lipinski definition) is 2. The Morgan fingerprint density at radius 2 is 1.90 bits per heavy atom. The highest BCUT2D eigenvalue weighted by Crippen LogP contribution is 2.43. The lowest BCUT2D eigenvalue weighted by atomic mass is 9.93. The van der Waals surface area contributed by atoms with Crippen LogP contribution >= 0.6 is 0 Å². The Balaban J connectivity index is 2.08. The molecule has 2 nitrogen and oxygen atoms in total. The first-order valence-electron chi connectivity index (χ1n) is 6.82. The van der Waals surface area contributed by atoms with Crippen LogP contribution in [-0.4, -0.2) is 18.9 Å². The van der Waals surface area contributed by atoms with Crippen LogP contribution in [0.25, 0.3) is 5.57 Å². The number of sulfone groups is 1. The first-order valence-corrected chi connectivity index (χ1v) is 8.43. The van der Waals surface area contributed by atoms with Gasteiger partial charge in [-0.2, -0.15) is 13.2 Å². The van der Waals surface area contributed by atoms with Gasteiger partial charge in [0.2, 0.25) is 0 Å². The second-order valence-corrected chi connectivity index (χ2v) is 8.15. The molecule has 2 atom stereocenters. The minimum absolute atomic E-state index is 0.176. The molecule has 2 heterocycles. The summed E-state index contributed by atoms with van der Waals surface area (Å²) in [5, 5.41) is -0.961. The molecule has 2 unspecified atom stereocenters. The molecule has 1 aromatic rings. The third-order valence-electron chi connectivity index (χ3n) is 4.48. The minimum Gasteiger partial charge on any atom is -0.228 e. The van der Waals surface area contributed by atoms with Crippen LogP contribution in [0.2, 0.25) is 0 Å². The van der Waals surface area contributed by atoms with Crippen molar-refractivity contribution in [2.75, 3.05) is 0 Å². The molecule has 21 heavy (non-hydrogen) atoms. The lowest BCUT2D eigenvalue weighted by Crippen LogP contribution is -2.26. The molecular weight excluding hydrogens is 301 g/mol. The topological polar surface area (TPSA) is 34.1 Å². The highest BCUT2D eigenvalue weighted by molar-refractivity contribution is 7.93. The highest BCUT2D eigenvalue weighted by atomic mass is 32.2. The zero-order valence-corrected chi connectivity index (χ0v) is 12.3. The predicted molar refractivity (Wildman–Crippen MR) is 74.5 cm³/mol. The zero-order valence-electron chi connectivity index (χ0n) is 11.4. The maximum absolute atomic E-state index is 13.0. The van der Waals surface area contributed by atoms with E-state index in [1.807, 2.05) is 0 Å². The summed E-state index contributed by atoms with van der Waals surface area (Å²) < 4.78 is 63.0. The average Bonchev–Trinajstić information content (AvgIpc) is 2.57. The fourth-order valence-electron chi connectivity index (χ4n) is 3.35. The van der Waals surface area contributed by atoms with Crippen molar-refractivity contribution in [3.8, 4) is 0 Å². The molecule has 1 saturated heterocycles. The zero-order chi connectivity index (χ0) is 15.4. The van der Waals surface area contributed by atoms with Gasteiger partial charge in [-0.15, -0.1) is 0 Å². The summed E-state index contributed by atoms with van der Waals surface area (Å²) in [6, 6.07) is 4.10. The third kappa shape index (κ3) is 2.29. The molecule has 1 fully saturated rings. The molecule has 0 saturated carbocycles. The van der Waals surface area contributed by atoms with E-state index >= 15 is 0 Å². The van der Waals surface area contributed by atoms with Gasteiger partial charge in [0, 0.05) is 0 Å². The molecule has 0 amide bonds. The van der Waals surface area contributed by atoms with Crippen molar-refractivity contribution >= 4 is 15.4 Å². The Morgan fingerprint density at radius 1 is 1.19 bits per heavy atom. The average molecular weight is 316 g/mol. The summed E-state index contributed by atoms with van der Waals surface area (Å²) in [5.41, 5.74) is 0.786. The first-order chi connectivity index (χ1) is 9.71. The molecule has 1 aromatic carbocycles. The van der Waals surface area contributed by atoms with Crippen LogP contribution in [0.5, 0.6) is 0 Å². The number of hydrogen-bond donors (Lipinski definition) is 0. The van der Waals surface area contributed by atoms with Gasteiger partial charge in [-0.05, 0) is 49.0 Å². The SMILES string of the molecule is Cc1c(C2=CC3CCC(C2)S3(=O)=O)cccc1C(F)(F)F. The number of fused-ring (bicyclic) bond motifs is 2. The number of halogens is 3. The Labute approximate surface area is 121 Å². The molecule has 2 aliphatic heterocycles. The van der Waals surface area contributed by atoms with Crippen LogP contribution in [0.4, 0.5) is 13.2 Å². The van der Waals surface area contributed by atoms with Crippen molar-refractivity contribution < 1.29 is 21.6 Å². The van der Waals surface area contributed by atoms with E-state index in [0.717, 1.165) is 11.6 Å². The molecule has 6 heteroatoms. The van der Waals surface area contributed by atoms with Gasteiger partial charge >= 0.3 is 6.18 Å². The number of allylic oxidation sites excluding steroid dienone is 1. The molecule has 0 spiro atoms. The summed E-state index contributed by atoms with van der Waals surface area (Å²) in [4.78, 5) is 0. The van der Waals surface area contributed by atoms with Crippen LogP contribution in [0.1, 0.15) is 36.0 Å². The molecule has 0 N–H and O–H groups in total. The summed E-state index contributed by atoms with van der Waals surface area (Å²) in [6.45, 7) is 1.45. The number of rotatable bonds is 1. The fourth-order valence-corrected chi connectivity index (χ4v) is 5.54. The van der Waals surface area contributed by atoms with Crippen LogP contribution < -0.4 is 0 Å². The lowest BCUT2D eigenvalue weighted by Gasteiger charge is -2.23. The van der Waals surface area contributed by atoms with Gasteiger partial charge in [0.1, 0.15) is 0 Å². The van der Waals surface area contributed by atoms with Gasteiger partial charge in [-0.3, -0.25) is 0 Å². The van der Waals surface area contributed by atoms with Gasteiger partial charge in [-0.1, -0.05) is 18.2 Å². The maximum atomic E-state index is 13.0. The van der Waals surface area contributed by atoms with Crippen molar-refractivity contribution in [1.82, 2.24) is 0 Å². The molecular formula is C15H15F3O2S. The Morgan fingerprint density at radius 3 is 2.52 bits per heavy atom. The second kappa shape index (κ2) is 4.60. The van der Waals surface area contributed by atoms with Crippen LogP contribution in [0.3, 0.4) is 0 Å². The molecule has 3 rings (SSSR count). The Hall–Kier alpha value is -1.30. The van der Waals surface area contributed by atoms with Crippen LogP contribution in [0, 0.1) is 6.92 Å². The van der Waals surface area contributed by atoms with Gasteiger partial charge in [-0.25, -0.2) is 8.42 Å². The van der Waals surface area contributed by atoms with Gasteiger partial charge < -0.3 is 0 Å². The lowest BCUT2D eigenvalue weighted by molar-refractivity contribution is -0.138. The van der Waals surface area contributed by atoms with Crippen LogP contribution in [-0.2, 0) is 16.0 Å². The largest absolute Gasteiger partial charge is 0.416 e. The Kier molecular flexibility index (Phi) is 3.20. The number of alkyl halides is 3. The molecule has 2 bridgehead atoms. The predicted octanol–water partition coefficient (Wildman–Crippen LogP) is 3.75. The molecule has 0 aromatic heterocycles. The standard InChI is InChI=1S/C15H15F3O2S/c1-9-13(3-2-4-14(9)15(16,17)18)10-7-11-5-6-12(8-10)21(11,19)20/h2-4,7,11-12H,5-6,8H2,1H3. The van der Waals surface area contributed by atoms with Crippen molar-refractivity contribution in [3.63, 3.8) is 0 Å². The van der Waals surface area contributed by atoms with Crippen LogP contribution in [0.15, 0.2) is 24.3 Å². The maximum Gasteiger partial charge on any atom is 0.416 e. The summed E-state index contributed by atoms with van der Waals surface area (Å²) in [7, 11) is -3.12. The molecule has 114 valence electrons. The van der Waals surface area contributed by atoms with E-state index in [1.165, 1.54) is 13.0 Å². The number of benzene rings is 1. The quantitative estimate of drug-likeness (QED) is 0.791. The Bertz CT molecular complexity index is 717. The monoisotopic (exact) mass is 316 g/mol. The highest BCUT2D eigenvalue weighted by Gasteiger charge is 2.43. The molecule has 2 aliphatic rings. The fraction of sp³-hybridized carbons (Fsp3) is 0.467. The van der Waals surface area contributed by atoms with Gasteiger partial charge in [0.15, 0.2) is 9.84 Å². The van der Waals surface area contributed by atoms with E-state index in [0.29, 0.717) is 24.8 Å². The summed E-state index contributed by atoms with van der Waals surface area (Å²) >= 11 is 0. The molecule has 0 aliphatic carbocycles. The van der Waals surface area contributed by atoms with Crippen molar-refractivity contribution in [1.29, 1.82) is 0 Å².